The van der Waals surface area contributed by atoms with Crippen molar-refractivity contribution in [3.05, 3.63) is 88.5 Å². The van der Waals surface area contributed by atoms with E-state index < -0.39 is 4.92 Å². The molecule has 4 rings (SSSR count). The second-order valence-electron chi connectivity index (χ2n) is 6.80. The van der Waals surface area contributed by atoms with Crippen LogP contribution in [-0.4, -0.2) is 26.6 Å². The van der Waals surface area contributed by atoms with Crippen molar-refractivity contribution in [2.45, 2.75) is 17.9 Å². The fraction of sp³-hybridized carbons (Fsp3) is 0.136. The van der Waals surface area contributed by atoms with Gasteiger partial charge in [-0.1, -0.05) is 17.4 Å². The second kappa shape index (κ2) is 9.84. The maximum atomic E-state index is 13.1. The number of non-ortho nitro benzene ring substituents is 1. The number of fused-ring (bicyclic) bond motifs is 1. The maximum Gasteiger partial charge on any atom is 0.270 e. The van der Waals surface area contributed by atoms with Gasteiger partial charge in [0.25, 0.3) is 5.69 Å². The minimum absolute atomic E-state index is 0.0199. The van der Waals surface area contributed by atoms with Crippen LogP contribution in [0.5, 0.6) is 0 Å². The Labute approximate surface area is 191 Å². The molecule has 0 saturated heterocycles. The van der Waals surface area contributed by atoms with Crippen LogP contribution in [0.2, 0.25) is 0 Å². The Morgan fingerprint density at radius 2 is 2.00 bits per heavy atom. The van der Waals surface area contributed by atoms with Gasteiger partial charge in [0, 0.05) is 41.6 Å². The summed E-state index contributed by atoms with van der Waals surface area (Å²) in [6, 6.07) is 14.3. The minimum atomic E-state index is -0.454. The molecule has 2 heterocycles. The molecule has 10 heteroatoms. The number of amides is 1. The van der Waals surface area contributed by atoms with Crippen LogP contribution in [-0.2, 0) is 11.3 Å². The zero-order valence-corrected chi connectivity index (χ0v) is 18.3. The van der Waals surface area contributed by atoms with Crippen LogP contribution in [0, 0.1) is 15.9 Å². The van der Waals surface area contributed by atoms with Gasteiger partial charge >= 0.3 is 0 Å². The van der Waals surface area contributed by atoms with E-state index >= 15 is 0 Å². The van der Waals surface area contributed by atoms with Crippen LogP contribution in [0.1, 0.15) is 12.0 Å². The van der Waals surface area contributed by atoms with E-state index in [1.165, 1.54) is 47.4 Å². The first-order chi connectivity index (χ1) is 15.5. The lowest BCUT2D eigenvalue weighted by atomic mass is 10.2. The Hall–Kier alpha value is -3.37. The molecule has 2 aromatic heterocycles. The number of benzene rings is 2. The lowest BCUT2D eigenvalue weighted by Crippen LogP contribution is -2.30. The van der Waals surface area contributed by atoms with Crippen molar-refractivity contribution >= 4 is 50.0 Å². The highest BCUT2D eigenvalue weighted by Crippen LogP contribution is 2.33. The normalized spacial score (nSPS) is 10.9. The summed E-state index contributed by atoms with van der Waals surface area (Å²) in [6.45, 7) is 0.288. The summed E-state index contributed by atoms with van der Waals surface area (Å²) in [4.78, 5) is 34.9. The Morgan fingerprint density at radius 1 is 1.19 bits per heavy atom. The highest BCUT2D eigenvalue weighted by molar-refractivity contribution is 7.99. The molecule has 162 valence electrons. The first-order valence-electron chi connectivity index (χ1n) is 9.62. The molecule has 32 heavy (non-hydrogen) atoms. The van der Waals surface area contributed by atoms with Gasteiger partial charge in [-0.05, 0) is 42.0 Å². The number of nitrogens with zero attached hydrogens (tertiary/aromatic N) is 4. The number of rotatable bonds is 8. The number of thiazole rings is 1. The summed E-state index contributed by atoms with van der Waals surface area (Å²) in [5.74, 6) is 0.0887. The number of nitro groups is 1. The molecule has 0 unspecified atom stereocenters. The SMILES string of the molecule is O=C(CCSc1ccc(F)cc1)N(Cc1cccnc1)c1nc2ccc([N+](=O)[O-])cc2s1. The third-order valence-corrected chi connectivity index (χ3v) is 6.62. The van der Waals surface area contributed by atoms with E-state index in [9.17, 15) is 19.3 Å². The van der Waals surface area contributed by atoms with Crippen molar-refractivity contribution in [2.24, 2.45) is 0 Å². The molecule has 0 fully saturated rings. The molecule has 0 spiro atoms. The van der Waals surface area contributed by atoms with Crippen molar-refractivity contribution < 1.29 is 14.1 Å². The van der Waals surface area contributed by atoms with Gasteiger partial charge in [-0.2, -0.15) is 0 Å². The standard InChI is InChI=1S/C22H17FN4O3S2/c23-16-3-6-18(7-4-16)31-11-9-21(28)26(14-15-2-1-10-24-13-15)22-25-19-8-5-17(27(29)30)12-20(19)32-22/h1-8,10,12-13H,9,11,14H2. The molecule has 4 aromatic rings. The highest BCUT2D eigenvalue weighted by Gasteiger charge is 2.21. The first kappa shape index (κ1) is 21.8. The lowest BCUT2D eigenvalue weighted by molar-refractivity contribution is -0.384. The second-order valence-corrected chi connectivity index (χ2v) is 8.98. The molecule has 1 amide bonds. The van der Waals surface area contributed by atoms with Crippen LogP contribution < -0.4 is 4.90 Å². The van der Waals surface area contributed by atoms with Gasteiger partial charge in [0.15, 0.2) is 5.13 Å². The van der Waals surface area contributed by atoms with E-state index in [0.717, 1.165) is 10.5 Å². The number of hydrogen-bond donors (Lipinski definition) is 0. The van der Waals surface area contributed by atoms with Crippen LogP contribution >= 0.6 is 23.1 Å². The van der Waals surface area contributed by atoms with Crippen molar-refractivity contribution in [1.29, 1.82) is 0 Å². The Morgan fingerprint density at radius 3 is 2.72 bits per heavy atom. The van der Waals surface area contributed by atoms with Gasteiger partial charge in [0.1, 0.15) is 5.82 Å². The molecule has 0 N–H and O–H groups in total. The lowest BCUT2D eigenvalue weighted by Gasteiger charge is -2.20. The largest absolute Gasteiger partial charge is 0.284 e. The van der Waals surface area contributed by atoms with Gasteiger partial charge in [0.2, 0.25) is 5.91 Å². The predicted molar refractivity (Wildman–Crippen MR) is 123 cm³/mol. The van der Waals surface area contributed by atoms with Crippen molar-refractivity contribution in [1.82, 2.24) is 9.97 Å². The molecule has 2 aromatic carbocycles. The number of halogens is 1. The number of thioether (sulfide) groups is 1. The van der Waals surface area contributed by atoms with E-state index in [1.807, 2.05) is 6.07 Å². The summed E-state index contributed by atoms with van der Waals surface area (Å²) < 4.78 is 13.7. The highest BCUT2D eigenvalue weighted by atomic mass is 32.2. The molecule has 0 bridgehead atoms. The first-order valence-corrected chi connectivity index (χ1v) is 11.4. The maximum absolute atomic E-state index is 13.1. The van der Waals surface area contributed by atoms with Gasteiger partial charge in [-0.15, -0.1) is 11.8 Å². The van der Waals surface area contributed by atoms with Crippen molar-refractivity contribution in [2.75, 3.05) is 10.7 Å². The van der Waals surface area contributed by atoms with Gasteiger partial charge < -0.3 is 0 Å². The minimum Gasteiger partial charge on any atom is -0.284 e. The van der Waals surface area contributed by atoms with E-state index in [0.29, 0.717) is 21.1 Å². The van der Waals surface area contributed by atoms with Gasteiger partial charge in [-0.3, -0.25) is 24.8 Å². The van der Waals surface area contributed by atoms with Gasteiger partial charge in [0.05, 0.1) is 21.7 Å². The molecule has 7 nitrogen and oxygen atoms in total. The number of hydrogen-bond acceptors (Lipinski definition) is 7. The molecular formula is C22H17FN4O3S2. The molecule has 0 atom stereocenters. The van der Waals surface area contributed by atoms with E-state index in [1.54, 1.807) is 41.6 Å². The zero-order chi connectivity index (χ0) is 22.5. The Balaban J connectivity index is 1.55. The monoisotopic (exact) mass is 468 g/mol. The quantitative estimate of drug-likeness (QED) is 0.194. The average molecular weight is 469 g/mol. The number of aromatic nitrogens is 2. The van der Waals surface area contributed by atoms with Crippen molar-refractivity contribution in [3.63, 3.8) is 0 Å². The summed E-state index contributed by atoms with van der Waals surface area (Å²) in [5, 5.41) is 11.6. The number of nitro benzene ring substituents is 1. The van der Waals surface area contributed by atoms with Gasteiger partial charge in [-0.25, -0.2) is 9.37 Å². The molecular weight excluding hydrogens is 451 g/mol. The van der Waals surface area contributed by atoms with E-state index in [-0.39, 0.29) is 30.4 Å². The van der Waals surface area contributed by atoms with Crippen LogP contribution in [0.4, 0.5) is 15.2 Å². The Bertz CT molecular complexity index is 1250. The Kier molecular flexibility index (Phi) is 6.72. The third-order valence-electron chi connectivity index (χ3n) is 4.57. The fourth-order valence-electron chi connectivity index (χ4n) is 2.99. The topological polar surface area (TPSA) is 89.2 Å². The summed E-state index contributed by atoms with van der Waals surface area (Å²) in [6.07, 6.45) is 3.59. The van der Waals surface area contributed by atoms with E-state index in [4.69, 9.17) is 0 Å². The average Bonchev–Trinajstić information content (AvgIpc) is 3.22. The number of anilines is 1. The van der Waals surface area contributed by atoms with E-state index in [2.05, 4.69) is 9.97 Å². The predicted octanol–water partition coefficient (Wildman–Crippen LogP) is 5.45. The summed E-state index contributed by atoms with van der Waals surface area (Å²) >= 11 is 2.70. The fourth-order valence-corrected chi connectivity index (χ4v) is 4.84. The third kappa shape index (κ3) is 5.27. The molecule has 0 aliphatic heterocycles. The number of pyridine rings is 1. The summed E-state index contributed by atoms with van der Waals surface area (Å²) in [7, 11) is 0. The zero-order valence-electron chi connectivity index (χ0n) is 16.7. The van der Waals surface area contributed by atoms with Crippen LogP contribution in [0.3, 0.4) is 0 Å². The molecule has 0 aliphatic rings. The smallest absolute Gasteiger partial charge is 0.270 e. The molecule has 0 radical (unpaired) electrons. The number of carbonyl (C=O) groups excluding carboxylic acids is 1. The van der Waals surface area contributed by atoms with Crippen LogP contribution in [0.15, 0.2) is 71.9 Å². The molecule has 0 saturated carbocycles. The van der Waals surface area contributed by atoms with Crippen molar-refractivity contribution in [3.8, 4) is 0 Å². The number of carbonyl (C=O) groups is 1. The molecule has 0 aliphatic carbocycles. The van der Waals surface area contributed by atoms with Crippen LogP contribution in [0.25, 0.3) is 10.2 Å². The summed E-state index contributed by atoms with van der Waals surface area (Å²) in [5.41, 5.74) is 1.42.